The van der Waals surface area contributed by atoms with Crippen molar-refractivity contribution in [1.82, 2.24) is 5.20 Å². The van der Waals surface area contributed by atoms with Crippen LogP contribution >= 0.6 is 7.75 Å². The van der Waals surface area contributed by atoms with Gasteiger partial charge in [0.2, 0.25) is 0 Å². The fraction of sp³-hybridized carbons (Fsp3) is 0.364. The molecule has 0 unspecified atom stereocenters. The molecule has 17 heavy (non-hydrogen) atoms. The van der Waals surface area contributed by atoms with E-state index in [1.165, 1.54) is 0 Å². The quantitative estimate of drug-likeness (QED) is 0.463. The zero-order valence-electron chi connectivity index (χ0n) is 10.00. The maximum atomic E-state index is 11.9. The molecule has 0 aliphatic rings. The van der Waals surface area contributed by atoms with Crippen LogP contribution in [0.2, 0.25) is 0 Å². The molecule has 94 valence electrons. The lowest BCUT2D eigenvalue weighted by Gasteiger charge is -2.14. The van der Waals surface area contributed by atoms with E-state index in [1.807, 2.05) is 30.3 Å². The van der Waals surface area contributed by atoms with Crippen molar-refractivity contribution in [2.45, 2.75) is 13.8 Å². The normalized spacial score (nSPS) is 11.9. The van der Waals surface area contributed by atoms with Gasteiger partial charge in [0.05, 0.1) is 19.4 Å². The van der Waals surface area contributed by atoms with E-state index in [0.29, 0.717) is 13.2 Å². The molecule has 0 heterocycles. The zero-order chi connectivity index (χ0) is 12.6. The molecule has 0 radical (unpaired) electrons. The smallest absolute Gasteiger partial charge is 0.292 e. The van der Waals surface area contributed by atoms with Gasteiger partial charge in [-0.3, -0.25) is 9.05 Å². The molecule has 1 aromatic rings. The lowest BCUT2D eigenvalue weighted by atomic mass is 10.2. The van der Waals surface area contributed by atoms with E-state index in [4.69, 9.17) is 9.05 Å². The summed E-state index contributed by atoms with van der Waals surface area (Å²) >= 11 is 0. The van der Waals surface area contributed by atoms with Crippen molar-refractivity contribution in [2.24, 2.45) is 5.10 Å². The third kappa shape index (κ3) is 5.13. The Morgan fingerprint density at radius 3 is 2.35 bits per heavy atom. The number of nitrogens with zero attached hydrogens (tertiary/aromatic N) is 1. The van der Waals surface area contributed by atoms with Crippen LogP contribution in [0.25, 0.3) is 0 Å². The molecule has 1 N–H and O–H groups in total. The van der Waals surface area contributed by atoms with Gasteiger partial charge in [0, 0.05) is 0 Å². The summed E-state index contributed by atoms with van der Waals surface area (Å²) in [6.07, 6.45) is 1.56. The van der Waals surface area contributed by atoms with Crippen molar-refractivity contribution >= 4 is 14.0 Å². The zero-order valence-corrected chi connectivity index (χ0v) is 10.9. The van der Waals surface area contributed by atoms with E-state index in [1.54, 1.807) is 20.1 Å². The molecule has 0 fully saturated rings. The summed E-state index contributed by atoms with van der Waals surface area (Å²) in [5, 5.41) is 6.29. The van der Waals surface area contributed by atoms with Gasteiger partial charge < -0.3 is 0 Å². The highest BCUT2D eigenvalue weighted by Gasteiger charge is 2.22. The molecule has 1 rings (SSSR count). The van der Waals surface area contributed by atoms with Gasteiger partial charge >= 0.3 is 7.75 Å². The summed E-state index contributed by atoms with van der Waals surface area (Å²) in [6.45, 7) is 4.08. The van der Waals surface area contributed by atoms with Gasteiger partial charge in [0.25, 0.3) is 0 Å². The van der Waals surface area contributed by atoms with Crippen molar-refractivity contribution in [3.8, 4) is 0 Å². The second-order valence-electron chi connectivity index (χ2n) is 3.10. The van der Waals surface area contributed by atoms with Crippen molar-refractivity contribution in [3.05, 3.63) is 35.9 Å². The lowest BCUT2D eigenvalue weighted by Crippen LogP contribution is -2.09. The van der Waals surface area contributed by atoms with Gasteiger partial charge in [0.1, 0.15) is 0 Å². The summed E-state index contributed by atoms with van der Waals surface area (Å²) in [6, 6.07) is 9.48. The van der Waals surface area contributed by atoms with Gasteiger partial charge in [-0.25, -0.2) is 9.76 Å². The second kappa shape index (κ2) is 7.22. The number of hydrogen-bond acceptors (Lipinski definition) is 4. The monoisotopic (exact) mass is 256 g/mol. The molecular weight excluding hydrogens is 239 g/mol. The van der Waals surface area contributed by atoms with Crippen molar-refractivity contribution in [1.29, 1.82) is 0 Å². The van der Waals surface area contributed by atoms with Gasteiger partial charge in [-0.05, 0) is 19.4 Å². The number of benzene rings is 1. The molecular formula is C11H17N2O3P. The van der Waals surface area contributed by atoms with Gasteiger partial charge in [-0.2, -0.15) is 5.10 Å². The Balaban J connectivity index is 2.58. The van der Waals surface area contributed by atoms with E-state index < -0.39 is 7.75 Å². The molecule has 0 saturated carbocycles. The Labute approximate surface area is 101 Å². The fourth-order valence-corrected chi connectivity index (χ4v) is 2.22. The van der Waals surface area contributed by atoms with Gasteiger partial charge in [-0.15, -0.1) is 0 Å². The molecule has 0 aliphatic carbocycles. The van der Waals surface area contributed by atoms with E-state index in [-0.39, 0.29) is 0 Å². The molecule has 6 heteroatoms. The first-order valence-electron chi connectivity index (χ1n) is 5.44. The average Bonchev–Trinajstić information content (AvgIpc) is 2.31. The first-order valence-corrected chi connectivity index (χ1v) is 6.99. The summed E-state index contributed by atoms with van der Waals surface area (Å²) < 4.78 is 22.0. The Bertz CT molecular complexity index is 385. The number of hydrogen-bond donors (Lipinski definition) is 1. The Morgan fingerprint density at radius 1 is 1.24 bits per heavy atom. The largest absolute Gasteiger partial charge is 0.448 e. The van der Waals surface area contributed by atoms with Gasteiger partial charge in [0.15, 0.2) is 0 Å². The minimum absolute atomic E-state index is 0.297. The minimum Gasteiger partial charge on any atom is -0.292 e. The molecule has 0 spiro atoms. The van der Waals surface area contributed by atoms with Crippen LogP contribution in [0.15, 0.2) is 35.4 Å². The van der Waals surface area contributed by atoms with E-state index in [9.17, 15) is 4.57 Å². The number of hydrazone groups is 1. The predicted molar refractivity (Wildman–Crippen MR) is 68.0 cm³/mol. The van der Waals surface area contributed by atoms with Crippen LogP contribution in [0.5, 0.6) is 0 Å². The molecule has 5 nitrogen and oxygen atoms in total. The van der Waals surface area contributed by atoms with E-state index in [0.717, 1.165) is 5.56 Å². The van der Waals surface area contributed by atoms with Crippen LogP contribution in [0.1, 0.15) is 19.4 Å². The standard InChI is InChI=1S/C11H17N2O3P/c1-3-15-17(14,16-4-2)13-12-10-11-8-6-5-7-9-11/h5-10H,3-4H2,1-2H3,(H,13,14)/b12-10+. The summed E-state index contributed by atoms with van der Waals surface area (Å²) in [5.41, 5.74) is 0.902. The molecule has 0 aliphatic heterocycles. The van der Waals surface area contributed by atoms with Crippen LogP contribution < -0.4 is 5.20 Å². The third-order valence-corrected chi connectivity index (χ3v) is 3.35. The Kier molecular flexibility index (Phi) is 5.91. The van der Waals surface area contributed by atoms with Crippen LogP contribution in [0, 0.1) is 0 Å². The van der Waals surface area contributed by atoms with E-state index >= 15 is 0 Å². The lowest BCUT2D eigenvalue weighted by molar-refractivity contribution is 0.211. The first kappa shape index (κ1) is 13.9. The molecule has 0 bridgehead atoms. The Morgan fingerprint density at radius 2 is 1.82 bits per heavy atom. The predicted octanol–water partition coefficient (Wildman–Crippen LogP) is 2.79. The van der Waals surface area contributed by atoms with Gasteiger partial charge in [-0.1, -0.05) is 30.3 Å². The molecule has 0 atom stereocenters. The highest BCUT2D eigenvalue weighted by Crippen LogP contribution is 2.43. The minimum atomic E-state index is -3.30. The second-order valence-corrected chi connectivity index (χ2v) is 4.81. The summed E-state index contributed by atoms with van der Waals surface area (Å²) in [4.78, 5) is 0. The summed E-state index contributed by atoms with van der Waals surface area (Å²) in [5.74, 6) is 0. The first-order chi connectivity index (χ1) is 8.20. The van der Waals surface area contributed by atoms with E-state index in [2.05, 4.69) is 10.3 Å². The fourth-order valence-electron chi connectivity index (χ4n) is 1.15. The van der Waals surface area contributed by atoms with Crippen LogP contribution in [-0.2, 0) is 13.6 Å². The number of rotatable bonds is 7. The van der Waals surface area contributed by atoms with Crippen molar-refractivity contribution < 1.29 is 13.6 Å². The molecule has 0 aromatic heterocycles. The maximum Gasteiger partial charge on any atom is 0.448 e. The number of nitrogens with one attached hydrogen (secondary N) is 1. The third-order valence-electron chi connectivity index (χ3n) is 1.79. The van der Waals surface area contributed by atoms with Crippen molar-refractivity contribution in [3.63, 3.8) is 0 Å². The van der Waals surface area contributed by atoms with Crippen LogP contribution in [-0.4, -0.2) is 19.4 Å². The average molecular weight is 256 g/mol. The molecule has 1 aromatic carbocycles. The van der Waals surface area contributed by atoms with Crippen molar-refractivity contribution in [2.75, 3.05) is 13.2 Å². The highest BCUT2D eigenvalue weighted by molar-refractivity contribution is 7.51. The highest BCUT2D eigenvalue weighted by atomic mass is 31.2. The SMILES string of the molecule is CCOP(=O)(N/N=C/c1ccccc1)OCC. The topological polar surface area (TPSA) is 59.9 Å². The molecule has 0 amide bonds. The van der Waals surface area contributed by atoms with Crippen LogP contribution in [0.4, 0.5) is 0 Å². The maximum absolute atomic E-state index is 11.9. The van der Waals surface area contributed by atoms with Crippen LogP contribution in [0.3, 0.4) is 0 Å². The molecule has 0 saturated heterocycles. The Hall–Kier alpha value is -1.16. The summed E-state index contributed by atoms with van der Waals surface area (Å²) in [7, 11) is -3.30.